The first-order chi connectivity index (χ1) is 17.2. The van der Waals surface area contributed by atoms with Crippen molar-refractivity contribution < 1.29 is 9.53 Å². The minimum Gasteiger partial charge on any atom is -0.444 e. The van der Waals surface area contributed by atoms with Crippen LogP contribution in [-0.2, 0) is 17.7 Å². The molecule has 1 saturated heterocycles. The normalized spacial score (nSPS) is 20.7. The monoisotopic (exact) mass is 486 g/mol. The highest BCUT2D eigenvalue weighted by Crippen LogP contribution is 2.41. The minimum absolute atomic E-state index is 0.0557. The smallest absolute Gasteiger partial charge is 0.410 e. The van der Waals surface area contributed by atoms with E-state index in [0.717, 1.165) is 56.0 Å². The number of ether oxygens (including phenoxy) is 1. The quantitative estimate of drug-likeness (QED) is 0.465. The molecule has 190 valence electrons. The molecule has 0 radical (unpaired) electrons. The number of aromatic amines is 1. The van der Waals surface area contributed by atoms with Gasteiger partial charge in [0.1, 0.15) is 11.2 Å². The zero-order valence-electron chi connectivity index (χ0n) is 22.1. The first-order valence-corrected chi connectivity index (χ1v) is 13.6. The molecule has 2 fully saturated rings. The fraction of sp³-hybridized carbons (Fsp3) is 0.533. The lowest BCUT2D eigenvalue weighted by Crippen LogP contribution is -2.38. The highest BCUT2D eigenvalue weighted by atomic mass is 16.6. The largest absolute Gasteiger partial charge is 0.444 e. The van der Waals surface area contributed by atoms with Crippen LogP contribution in [0.4, 0.5) is 4.79 Å². The van der Waals surface area contributed by atoms with Gasteiger partial charge in [-0.25, -0.2) is 9.78 Å². The van der Waals surface area contributed by atoms with Crippen LogP contribution in [0.25, 0.3) is 22.2 Å². The van der Waals surface area contributed by atoms with E-state index in [1.807, 2.05) is 38.1 Å². The van der Waals surface area contributed by atoms with E-state index >= 15 is 0 Å². The molecular formula is C30H38N4O2. The number of hydrogen-bond donors (Lipinski definition) is 1. The third-order valence-electron chi connectivity index (χ3n) is 7.98. The number of amides is 1. The SMILES string of the molecule is Cc1c[nH]c2ncc(-c3cc4c(c(C5CCCN5C(=O)OC(C)(C)C)c3)CN(CC3CC3)CC4)cc12. The number of likely N-dealkylation sites (tertiary alicyclic amines) is 1. The number of rotatable bonds is 4. The van der Waals surface area contributed by atoms with E-state index in [0.29, 0.717) is 0 Å². The standard InChI is InChI=1S/C30H38N4O2/c1-19-15-31-28-24(19)14-23(16-32-28)22-12-21-9-11-33(17-20-7-8-20)18-26(21)25(13-22)27-6-5-10-34(27)29(35)36-30(2,3)4/h12-16,20,27H,5-11,17-18H2,1-4H3,(H,31,32). The van der Waals surface area contributed by atoms with Crippen LogP contribution in [0.2, 0.25) is 0 Å². The number of hydrogen-bond acceptors (Lipinski definition) is 4. The summed E-state index contributed by atoms with van der Waals surface area (Å²) in [7, 11) is 0. The molecule has 6 heteroatoms. The number of H-pyrrole nitrogens is 1. The van der Waals surface area contributed by atoms with Crippen LogP contribution in [-0.4, -0.2) is 51.1 Å². The summed E-state index contributed by atoms with van der Waals surface area (Å²) >= 11 is 0. The number of carbonyl (C=O) groups is 1. The zero-order chi connectivity index (χ0) is 25.0. The number of pyridine rings is 1. The molecule has 1 atom stereocenters. The molecule has 1 aromatic carbocycles. The van der Waals surface area contributed by atoms with Crippen molar-refractivity contribution in [2.45, 2.75) is 78.0 Å². The molecule has 3 aliphatic rings. The fourth-order valence-electron chi connectivity index (χ4n) is 5.96. The number of carbonyl (C=O) groups excluding carboxylic acids is 1. The minimum atomic E-state index is -0.498. The van der Waals surface area contributed by atoms with Gasteiger partial charge < -0.3 is 14.6 Å². The van der Waals surface area contributed by atoms with Gasteiger partial charge in [-0.2, -0.15) is 0 Å². The van der Waals surface area contributed by atoms with Crippen LogP contribution in [0.15, 0.2) is 30.6 Å². The van der Waals surface area contributed by atoms with E-state index in [9.17, 15) is 4.79 Å². The van der Waals surface area contributed by atoms with Crippen molar-refractivity contribution in [3.05, 3.63) is 52.8 Å². The fourth-order valence-corrected chi connectivity index (χ4v) is 5.96. The van der Waals surface area contributed by atoms with E-state index in [4.69, 9.17) is 9.72 Å². The molecule has 6 rings (SSSR count). The van der Waals surface area contributed by atoms with Crippen molar-refractivity contribution in [1.82, 2.24) is 19.8 Å². The average molecular weight is 487 g/mol. The second-order valence-corrected chi connectivity index (χ2v) is 12.1. The lowest BCUT2D eigenvalue weighted by Gasteiger charge is -2.35. The Labute approximate surface area is 214 Å². The number of aromatic nitrogens is 2. The molecule has 2 aliphatic heterocycles. The summed E-state index contributed by atoms with van der Waals surface area (Å²) in [5, 5.41) is 1.17. The van der Waals surface area contributed by atoms with Crippen molar-refractivity contribution in [2.24, 2.45) is 5.92 Å². The summed E-state index contributed by atoms with van der Waals surface area (Å²) in [6.45, 7) is 12.0. The van der Waals surface area contributed by atoms with Crippen LogP contribution >= 0.6 is 0 Å². The molecule has 1 N–H and O–H groups in total. The first kappa shape index (κ1) is 23.5. The number of nitrogens with zero attached hydrogens (tertiary/aromatic N) is 3. The highest BCUT2D eigenvalue weighted by Gasteiger charge is 2.36. The second kappa shape index (κ2) is 8.91. The Balaban J connectivity index is 1.41. The van der Waals surface area contributed by atoms with Crippen LogP contribution in [0.1, 0.15) is 74.8 Å². The summed E-state index contributed by atoms with van der Waals surface area (Å²) in [6.07, 6.45) is 9.59. The summed E-state index contributed by atoms with van der Waals surface area (Å²) in [4.78, 5) is 25.8. The third-order valence-corrected chi connectivity index (χ3v) is 7.98. The molecule has 0 bridgehead atoms. The molecule has 1 saturated carbocycles. The molecule has 2 aromatic heterocycles. The van der Waals surface area contributed by atoms with Gasteiger partial charge in [0, 0.05) is 49.5 Å². The topological polar surface area (TPSA) is 61.5 Å². The van der Waals surface area contributed by atoms with E-state index in [1.165, 1.54) is 52.6 Å². The summed E-state index contributed by atoms with van der Waals surface area (Å²) < 4.78 is 5.83. The Morgan fingerprint density at radius 3 is 2.75 bits per heavy atom. The Morgan fingerprint density at radius 1 is 1.14 bits per heavy atom. The van der Waals surface area contributed by atoms with Crippen molar-refractivity contribution in [3.8, 4) is 11.1 Å². The van der Waals surface area contributed by atoms with Gasteiger partial charge in [0.25, 0.3) is 0 Å². The molecule has 6 nitrogen and oxygen atoms in total. The Hall–Kier alpha value is -2.86. The zero-order valence-corrected chi connectivity index (χ0v) is 22.1. The summed E-state index contributed by atoms with van der Waals surface area (Å²) in [6, 6.07) is 7.03. The Morgan fingerprint density at radius 2 is 1.97 bits per heavy atom. The molecular weight excluding hydrogens is 448 g/mol. The summed E-state index contributed by atoms with van der Waals surface area (Å²) in [5.41, 5.74) is 8.13. The van der Waals surface area contributed by atoms with Gasteiger partial charge in [0.2, 0.25) is 0 Å². The lowest BCUT2D eigenvalue weighted by molar-refractivity contribution is 0.0223. The molecule has 0 spiro atoms. The maximum absolute atomic E-state index is 13.2. The Kier molecular flexibility index (Phi) is 5.83. The van der Waals surface area contributed by atoms with Gasteiger partial charge in [0.05, 0.1) is 6.04 Å². The van der Waals surface area contributed by atoms with E-state index in [-0.39, 0.29) is 12.1 Å². The van der Waals surface area contributed by atoms with Crippen LogP contribution in [0.3, 0.4) is 0 Å². The van der Waals surface area contributed by atoms with Gasteiger partial charge in [0.15, 0.2) is 0 Å². The maximum Gasteiger partial charge on any atom is 0.410 e. The third kappa shape index (κ3) is 4.63. The first-order valence-electron chi connectivity index (χ1n) is 13.6. The van der Waals surface area contributed by atoms with Crippen molar-refractivity contribution >= 4 is 17.1 Å². The molecule has 36 heavy (non-hydrogen) atoms. The van der Waals surface area contributed by atoms with Crippen molar-refractivity contribution in [2.75, 3.05) is 19.6 Å². The van der Waals surface area contributed by atoms with Crippen LogP contribution in [0, 0.1) is 12.8 Å². The van der Waals surface area contributed by atoms with E-state index in [2.05, 4.69) is 35.0 Å². The van der Waals surface area contributed by atoms with Gasteiger partial charge in [-0.1, -0.05) is 6.07 Å². The summed E-state index contributed by atoms with van der Waals surface area (Å²) in [5.74, 6) is 0.876. The van der Waals surface area contributed by atoms with Gasteiger partial charge in [-0.3, -0.25) is 4.90 Å². The predicted molar refractivity (Wildman–Crippen MR) is 143 cm³/mol. The molecule has 1 unspecified atom stereocenters. The van der Waals surface area contributed by atoms with Crippen molar-refractivity contribution in [1.29, 1.82) is 0 Å². The molecule has 1 amide bonds. The van der Waals surface area contributed by atoms with Crippen LogP contribution < -0.4 is 0 Å². The van der Waals surface area contributed by atoms with Crippen LogP contribution in [0.5, 0.6) is 0 Å². The molecule has 4 heterocycles. The number of fused-ring (bicyclic) bond motifs is 2. The maximum atomic E-state index is 13.2. The van der Waals surface area contributed by atoms with E-state index in [1.54, 1.807) is 0 Å². The van der Waals surface area contributed by atoms with E-state index < -0.39 is 5.60 Å². The van der Waals surface area contributed by atoms with Gasteiger partial charge in [-0.15, -0.1) is 0 Å². The molecule has 1 aliphatic carbocycles. The van der Waals surface area contributed by atoms with Gasteiger partial charge >= 0.3 is 6.09 Å². The number of benzene rings is 1. The molecule has 3 aromatic rings. The average Bonchev–Trinajstić information content (AvgIpc) is 3.37. The predicted octanol–water partition coefficient (Wildman–Crippen LogP) is 6.38. The number of aryl methyl sites for hydroxylation is 1. The number of nitrogens with one attached hydrogen (secondary N) is 1. The Bertz CT molecular complexity index is 1300. The lowest BCUT2D eigenvalue weighted by atomic mass is 9.86. The highest BCUT2D eigenvalue weighted by molar-refractivity contribution is 5.84. The second-order valence-electron chi connectivity index (χ2n) is 12.1. The van der Waals surface area contributed by atoms with Crippen molar-refractivity contribution in [3.63, 3.8) is 0 Å². The van der Waals surface area contributed by atoms with Gasteiger partial charge in [-0.05, 0) is 106 Å².